The van der Waals surface area contributed by atoms with Gasteiger partial charge in [0.05, 0.1) is 5.69 Å². The molecule has 0 aromatic heterocycles. The average Bonchev–Trinajstić information content (AvgIpc) is 2.32. The molecule has 0 aliphatic carbocycles. The van der Waals surface area contributed by atoms with Crippen LogP contribution in [0.2, 0.25) is 0 Å². The largest absolute Gasteiger partial charge is 0.506 e. The first-order valence-corrected chi connectivity index (χ1v) is 6.10. The van der Waals surface area contributed by atoms with Gasteiger partial charge in [0, 0.05) is 10.6 Å². The summed E-state index contributed by atoms with van der Waals surface area (Å²) in [6, 6.07) is 11.7. The van der Waals surface area contributed by atoms with E-state index in [-0.39, 0.29) is 11.6 Å². The molecule has 0 aliphatic heterocycles. The third kappa shape index (κ3) is 2.91. The lowest BCUT2D eigenvalue weighted by Crippen LogP contribution is -1.89. The van der Waals surface area contributed by atoms with Gasteiger partial charge in [-0.05, 0) is 29.8 Å². The third-order valence-corrected chi connectivity index (χ3v) is 3.44. The molecule has 0 heterocycles. The van der Waals surface area contributed by atoms with Gasteiger partial charge in [-0.25, -0.2) is 4.39 Å². The predicted molar refractivity (Wildman–Crippen MR) is 68.5 cm³/mol. The second-order valence-electron chi connectivity index (χ2n) is 3.61. The topological polar surface area (TPSA) is 46.2 Å². The minimum absolute atomic E-state index is 0.0737. The molecule has 0 spiro atoms. The molecule has 0 bridgehead atoms. The fraction of sp³-hybridized carbons (Fsp3) is 0.0769. The lowest BCUT2D eigenvalue weighted by Gasteiger charge is -2.05. The van der Waals surface area contributed by atoms with Gasteiger partial charge in [-0.3, -0.25) is 0 Å². The standard InChI is InChI=1S/C13H12FNOS/c14-10-3-1-2-4-13(10)17-8-9-5-6-12(16)11(15)7-9/h1-7,16H,8,15H2. The van der Waals surface area contributed by atoms with Crippen LogP contribution in [0.4, 0.5) is 10.1 Å². The van der Waals surface area contributed by atoms with Crippen molar-refractivity contribution in [2.75, 3.05) is 5.73 Å². The molecular formula is C13H12FNOS. The Balaban J connectivity index is 2.08. The molecule has 0 saturated heterocycles. The van der Waals surface area contributed by atoms with Crippen molar-refractivity contribution >= 4 is 17.4 Å². The number of phenols is 1. The Morgan fingerprint density at radius 3 is 2.65 bits per heavy atom. The van der Waals surface area contributed by atoms with Gasteiger partial charge < -0.3 is 10.8 Å². The second-order valence-corrected chi connectivity index (χ2v) is 4.63. The van der Waals surface area contributed by atoms with E-state index < -0.39 is 0 Å². The molecule has 0 unspecified atom stereocenters. The monoisotopic (exact) mass is 249 g/mol. The number of anilines is 1. The molecule has 0 aliphatic rings. The van der Waals surface area contributed by atoms with Gasteiger partial charge in [0.2, 0.25) is 0 Å². The zero-order chi connectivity index (χ0) is 12.3. The molecule has 0 amide bonds. The quantitative estimate of drug-likeness (QED) is 0.498. The molecule has 0 fully saturated rings. The molecule has 88 valence electrons. The van der Waals surface area contributed by atoms with Crippen molar-refractivity contribution in [3.8, 4) is 5.75 Å². The van der Waals surface area contributed by atoms with Crippen LogP contribution in [-0.4, -0.2) is 5.11 Å². The average molecular weight is 249 g/mol. The summed E-state index contributed by atoms with van der Waals surface area (Å²) in [5, 5.41) is 9.28. The van der Waals surface area contributed by atoms with Crippen LogP contribution in [0.3, 0.4) is 0 Å². The zero-order valence-corrected chi connectivity index (χ0v) is 9.88. The van der Waals surface area contributed by atoms with Crippen molar-refractivity contribution in [3.05, 3.63) is 53.8 Å². The molecule has 2 rings (SSSR count). The van der Waals surface area contributed by atoms with E-state index in [9.17, 15) is 9.50 Å². The molecule has 0 atom stereocenters. The maximum absolute atomic E-state index is 13.4. The highest BCUT2D eigenvalue weighted by Gasteiger charge is 2.03. The van der Waals surface area contributed by atoms with Crippen LogP contribution in [-0.2, 0) is 5.75 Å². The van der Waals surface area contributed by atoms with Gasteiger partial charge >= 0.3 is 0 Å². The smallest absolute Gasteiger partial charge is 0.138 e. The summed E-state index contributed by atoms with van der Waals surface area (Å²) in [7, 11) is 0. The molecular weight excluding hydrogens is 237 g/mol. The summed E-state index contributed by atoms with van der Waals surface area (Å²) in [5.74, 6) is 0.472. The van der Waals surface area contributed by atoms with Crippen molar-refractivity contribution < 1.29 is 9.50 Å². The number of aromatic hydroxyl groups is 1. The highest BCUT2D eigenvalue weighted by Crippen LogP contribution is 2.28. The minimum Gasteiger partial charge on any atom is -0.506 e. The van der Waals surface area contributed by atoms with E-state index in [4.69, 9.17) is 5.73 Å². The first-order chi connectivity index (χ1) is 8.16. The van der Waals surface area contributed by atoms with E-state index >= 15 is 0 Å². The van der Waals surface area contributed by atoms with E-state index in [1.807, 2.05) is 0 Å². The van der Waals surface area contributed by atoms with Gasteiger partial charge in [-0.1, -0.05) is 18.2 Å². The van der Waals surface area contributed by atoms with Crippen LogP contribution >= 0.6 is 11.8 Å². The van der Waals surface area contributed by atoms with Gasteiger partial charge in [0.25, 0.3) is 0 Å². The van der Waals surface area contributed by atoms with Gasteiger partial charge in [-0.2, -0.15) is 0 Å². The lowest BCUT2D eigenvalue weighted by atomic mass is 10.2. The maximum Gasteiger partial charge on any atom is 0.138 e. The van der Waals surface area contributed by atoms with Crippen LogP contribution < -0.4 is 5.73 Å². The molecule has 17 heavy (non-hydrogen) atoms. The van der Waals surface area contributed by atoms with Gasteiger partial charge in [-0.15, -0.1) is 11.8 Å². The maximum atomic E-state index is 13.4. The molecule has 2 aromatic rings. The van der Waals surface area contributed by atoms with Crippen molar-refractivity contribution in [2.45, 2.75) is 10.6 Å². The van der Waals surface area contributed by atoms with Crippen LogP contribution in [0.5, 0.6) is 5.75 Å². The Bertz CT molecular complexity index is 531. The summed E-state index contributed by atoms with van der Waals surface area (Å²) in [6.07, 6.45) is 0. The van der Waals surface area contributed by atoms with Crippen LogP contribution in [0, 0.1) is 5.82 Å². The highest BCUT2D eigenvalue weighted by atomic mass is 32.2. The van der Waals surface area contributed by atoms with E-state index in [0.29, 0.717) is 16.3 Å². The molecule has 0 radical (unpaired) electrons. The number of hydrogen-bond donors (Lipinski definition) is 2. The Morgan fingerprint density at radius 2 is 1.94 bits per heavy atom. The van der Waals surface area contributed by atoms with Crippen LogP contribution in [0.1, 0.15) is 5.56 Å². The highest BCUT2D eigenvalue weighted by molar-refractivity contribution is 7.98. The number of nitrogens with two attached hydrogens (primary N) is 1. The molecule has 0 saturated carbocycles. The Kier molecular flexibility index (Phi) is 3.54. The van der Waals surface area contributed by atoms with Gasteiger partial charge in [0.1, 0.15) is 11.6 Å². The minimum atomic E-state index is -0.218. The second kappa shape index (κ2) is 5.10. The van der Waals surface area contributed by atoms with Crippen LogP contribution in [0.25, 0.3) is 0 Å². The molecule has 4 heteroatoms. The van der Waals surface area contributed by atoms with E-state index in [1.165, 1.54) is 17.8 Å². The summed E-state index contributed by atoms with van der Waals surface area (Å²) in [5.41, 5.74) is 6.88. The fourth-order valence-corrected chi connectivity index (χ4v) is 2.30. The number of hydrogen-bond acceptors (Lipinski definition) is 3. The third-order valence-electron chi connectivity index (χ3n) is 2.32. The Morgan fingerprint density at radius 1 is 1.18 bits per heavy atom. The van der Waals surface area contributed by atoms with Gasteiger partial charge in [0.15, 0.2) is 0 Å². The van der Waals surface area contributed by atoms with Crippen molar-refractivity contribution in [2.24, 2.45) is 0 Å². The van der Waals surface area contributed by atoms with Crippen molar-refractivity contribution in [1.82, 2.24) is 0 Å². The van der Waals surface area contributed by atoms with E-state index in [2.05, 4.69) is 0 Å². The van der Waals surface area contributed by atoms with Crippen molar-refractivity contribution in [3.63, 3.8) is 0 Å². The number of rotatable bonds is 3. The Labute approximate surface area is 103 Å². The van der Waals surface area contributed by atoms with E-state index in [0.717, 1.165) is 5.56 Å². The molecule has 2 nitrogen and oxygen atoms in total. The number of thioether (sulfide) groups is 1. The number of nitrogen functional groups attached to an aromatic ring is 1. The summed E-state index contributed by atoms with van der Waals surface area (Å²) in [6.45, 7) is 0. The zero-order valence-electron chi connectivity index (χ0n) is 9.06. The summed E-state index contributed by atoms with van der Waals surface area (Å²) >= 11 is 1.40. The summed E-state index contributed by atoms with van der Waals surface area (Å²) < 4.78 is 13.4. The normalized spacial score (nSPS) is 10.4. The Hall–Kier alpha value is -1.68. The predicted octanol–water partition coefficient (Wildman–Crippen LogP) is 3.41. The fourth-order valence-electron chi connectivity index (χ4n) is 1.42. The number of benzene rings is 2. The summed E-state index contributed by atoms with van der Waals surface area (Å²) in [4.78, 5) is 0.610. The number of phenolic OH excluding ortho intramolecular Hbond substituents is 1. The molecule has 2 aromatic carbocycles. The number of halogens is 1. The van der Waals surface area contributed by atoms with Crippen molar-refractivity contribution in [1.29, 1.82) is 0 Å². The molecule has 3 N–H and O–H groups in total. The first-order valence-electron chi connectivity index (χ1n) is 5.11. The first kappa shape index (κ1) is 11.8. The van der Waals surface area contributed by atoms with Crippen LogP contribution in [0.15, 0.2) is 47.4 Å². The SMILES string of the molecule is Nc1cc(CSc2ccccc2F)ccc1O. The lowest BCUT2D eigenvalue weighted by molar-refractivity contribution is 0.478. The van der Waals surface area contributed by atoms with E-state index in [1.54, 1.807) is 36.4 Å².